The minimum Gasteiger partial charge on any atom is -0.494 e. The van der Waals surface area contributed by atoms with Crippen molar-refractivity contribution in [3.63, 3.8) is 0 Å². The maximum absolute atomic E-state index is 12.4. The van der Waals surface area contributed by atoms with Gasteiger partial charge in [0.05, 0.1) is 12.2 Å². The van der Waals surface area contributed by atoms with Gasteiger partial charge in [-0.15, -0.1) is 0 Å². The summed E-state index contributed by atoms with van der Waals surface area (Å²) in [7, 11) is 1.72. The fraction of sp³-hybridized carbons (Fsp3) is 0.263. The summed E-state index contributed by atoms with van der Waals surface area (Å²) >= 11 is 0. The second-order valence-corrected chi connectivity index (χ2v) is 5.16. The Balaban J connectivity index is 2.06. The van der Waals surface area contributed by atoms with E-state index in [0.717, 1.165) is 0 Å². The molecule has 0 unspecified atom stereocenters. The van der Waals surface area contributed by atoms with Crippen LogP contribution in [-0.2, 0) is 4.74 Å². The summed E-state index contributed by atoms with van der Waals surface area (Å²) in [4.78, 5) is 24.7. The van der Waals surface area contributed by atoms with Gasteiger partial charge in [-0.1, -0.05) is 12.1 Å². The van der Waals surface area contributed by atoms with Crippen LogP contribution >= 0.6 is 0 Å². The standard InChI is InChI=1S/C19H21NO4/c1-4-23-15-11-9-14(10-12-15)18(21)13(2)24-19(22)16-7-5-6-8-17(16)20-3/h5-13,20H,4H2,1-3H3/t13-/m0/s1. The topological polar surface area (TPSA) is 64.6 Å². The Bertz CT molecular complexity index is 710. The highest BCUT2D eigenvalue weighted by Crippen LogP contribution is 2.18. The smallest absolute Gasteiger partial charge is 0.340 e. The van der Waals surface area contributed by atoms with Crippen LogP contribution in [0.3, 0.4) is 0 Å². The molecular formula is C19H21NO4. The summed E-state index contributed by atoms with van der Waals surface area (Å²) < 4.78 is 10.7. The Morgan fingerprint density at radius 1 is 1.08 bits per heavy atom. The zero-order valence-electron chi connectivity index (χ0n) is 14.0. The van der Waals surface area contributed by atoms with E-state index in [9.17, 15) is 9.59 Å². The first-order chi connectivity index (χ1) is 11.6. The molecular weight excluding hydrogens is 306 g/mol. The van der Waals surface area contributed by atoms with Gasteiger partial charge in [0.2, 0.25) is 5.78 Å². The summed E-state index contributed by atoms with van der Waals surface area (Å²) in [6, 6.07) is 13.8. The molecule has 0 saturated heterocycles. The number of nitrogens with one attached hydrogen (secondary N) is 1. The third-order valence-electron chi connectivity index (χ3n) is 3.52. The summed E-state index contributed by atoms with van der Waals surface area (Å²) in [6.07, 6.45) is -0.875. The van der Waals surface area contributed by atoms with Crippen LogP contribution in [0.2, 0.25) is 0 Å². The molecule has 0 amide bonds. The van der Waals surface area contributed by atoms with E-state index in [1.165, 1.54) is 0 Å². The van der Waals surface area contributed by atoms with Gasteiger partial charge in [-0.2, -0.15) is 0 Å². The monoisotopic (exact) mass is 327 g/mol. The number of rotatable bonds is 7. The fourth-order valence-corrected chi connectivity index (χ4v) is 2.27. The number of carbonyl (C=O) groups excluding carboxylic acids is 2. The van der Waals surface area contributed by atoms with E-state index < -0.39 is 12.1 Å². The highest BCUT2D eigenvalue weighted by atomic mass is 16.5. The van der Waals surface area contributed by atoms with Crippen LogP contribution in [0.4, 0.5) is 5.69 Å². The van der Waals surface area contributed by atoms with Crippen molar-refractivity contribution in [2.75, 3.05) is 19.0 Å². The lowest BCUT2D eigenvalue weighted by atomic mass is 10.1. The quantitative estimate of drug-likeness (QED) is 0.622. The molecule has 2 aromatic rings. The molecule has 24 heavy (non-hydrogen) atoms. The predicted octanol–water partition coefficient (Wildman–Crippen LogP) is 3.56. The van der Waals surface area contributed by atoms with E-state index in [1.54, 1.807) is 56.4 Å². The Morgan fingerprint density at radius 3 is 2.38 bits per heavy atom. The Morgan fingerprint density at radius 2 is 1.75 bits per heavy atom. The highest BCUT2D eigenvalue weighted by molar-refractivity contribution is 6.02. The Hall–Kier alpha value is -2.82. The van der Waals surface area contributed by atoms with Gasteiger partial charge in [-0.05, 0) is 50.2 Å². The van der Waals surface area contributed by atoms with Gasteiger partial charge >= 0.3 is 5.97 Å². The maximum Gasteiger partial charge on any atom is 0.340 e. The molecule has 1 atom stereocenters. The average molecular weight is 327 g/mol. The first-order valence-corrected chi connectivity index (χ1v) is 7.81. The number of esters is 1. The van der Waals surface area contributed by atoms with Crippen LogP contribution in [0, 0.1) is 0 Å². The van der Waals surface area contributed by atoms with Crippen molar-refractivity contribution in [2.24, 2.45) is 0 Å². The lowest BCUT2D eigenvalue weighted by Gasteiger charge is -2.14. The van der Waals surface area contributed by atoms with Crippen LogP contribution in [0.5, 0.6) is 5.75 Å². The molecule has 0 aliphatic carbocycles. The van der Waals surface area contributed by atoms with Crippen molar-refractivity contribution in [1.29, 1.82) is 0 Å². The van der Waals surface area contributed by atoms with Crippen molar-refractivity contribution in [3.8, 4) is 5.75 Å². The molecule has 0 heterocycles. The highest BCUT2D eigenvalue weighted by Gasteiger charge is 2.21. The number of Topliss-reactive ketones (excluding diaryl/α,β-unsaturated/α-hetero) is 1. The van der Waals surface area contributed by atoms with Crippen LogP contribution in [-0.4, -0.2) is 31.5 Å². The molecule has 0 aromatic heterocycles. The molecule has 5 heteroatoms. The van der Waals surface area contributed by atoms with Crippen LogP contribution in [0.1, 0.15) is 34.6 Å². The molecule has 0 aliphatic rings. The third kappa shape index (κ3) is 4.13. The molecule has 0 radical (unpaired) electrons. The minimum absolute atomic E-state index is 0.256. The molecule has 0 aliphatic heterocycles. The van der Waals surface area contributed by atoms with Gasteiger partial charge in [-0.3, -0.25) is 4.79 Å². The Labute approximate surface area is 141 Å². The van der Waals surface area contributed by atoms with E-state index in [2.05, 4.69) is 5.32 Å². The van der Waals surface area contributed by atoms with Gasteiger partial charge < -0.3 is 14.8 Å². The van der Waals surface area contributed by atoms with Crippen molar-refractivity contribution in [3.05, 3.63) is 59.7 Å². The SMILES string of the molecule is CCOc1ccc(C(=O)[C@H](C)OC(=O)c2ccccc2NC)cc1. The van der Waals surface area contributed by atoms with Crippen LogP contribution < -0.4 is 10.1 Å². The summed E-state index contributed by atoms with van der Waals surface area (Å²) in [6.45, 7) is 4.02. The van der Waals surface area contributed by atoms with E-state index >= 15 is 0 Å². The zero-order valence-corrected chi connectivity index (χ0v) is 14.0. The fourth-order valence-electron chi connectivity index (χ4n) is 2.27. The Kier molecular flexibility index (Phi) is 5.95. The molecule has 0 spiro atoms. The first-order valence-electron chi connectivity index (χ1n) is 7.81. The number of ketones is 1. The lowest BCUT2D eigenvalue weighted by molar-refractivity contribution is 0.0319. The predicted molar refractivity (Wildman–Crippen MR) is 92.8 cm³/mol. The molecule has 2 aromatic carbocycles. The molecule has 5 nitrogen and oxygen atoms in total. The number of hydrogen-bond donors (Lipinski definition) is 1. The van der Waals surface area contributed by atoms with E-state index in [0.29, 0.717) is 29.2 Å². The summed E-state index contributed by atoms with van der Waals surface area (Å²) in [5.74, 6) is -0.0956. The molecule has 0 saturated carbocycles. The van der Waals surface area contributed by atoms with Crippen LogP contribution in [0.25, 0.3) is 0 Å². The van der Waals surface area contributed by atoms with Gasteiger partial charge in [0.25, 0.3) is 0 Å². The zero-order chi connectivity index (χ0) is 17.5. The normalized spacial score (nSPS) is 11.5. The molecule has 1 N–H and O–H groups in total. The van der Waals surface area contributed by atoms with Gasteiger partial charge in [0.15, 0.2) is 6.10 Å². The maximum atomic E-state index is 12.4. The largest absolute Gasteiger partial charge is 0.494 e. The number of carbonyl (C=O) groups is 2. The van der Waals surface area contributed by atoms with E-state index in [4.69, 9.17) is 9.47 Å². The summed E-state index contributed by atoms with van der Waals surface area (Å²) in [5.41, 5.74) is 1.52. The van der Waals surface area contributed by atoms with Crippen molar-refractivity contribution < 1.29 is 19.1 Å². The molecule has 126 valence electrons. The number of para-hydroxylation sites is 1. The van der Waals surface area contributed by atoms with Gasteiger partial charge in [0.1, 0.15) is 5.75 Å². The van der Waals surface area contributed by atoms with E-state index in [-0.39, 0.29) is 5.78 Å². The van der Waals surface area contributed by atoms with Crippen molar-refractivity contribution in [1.82, 2.24) is 0 Å². The number of anilines is 1. The number of ether oxygens (including phenoxy) is 2. The number of hydrogen-bond acceptors (Lipinski definition) is 5. The summed E-state index contributed by atoms with van der Waals surface area (Å²) in [5, 5.41) is 2.93. The second kappa shape index (κ2) is 8.15. The van der Waals surface area contributed by atoms with Gasteiger partial charge in [0, 0.05) is 18.3 Å². The third-order valence-corrected chi connectivity index (χ3v) is 3.52. The minimum atomic E-state index is -0.875. The first kappa shape index (κ1) is 17.5. The van der Waals surface area contributed by atoms with E-state index in [1.807, 2.05) is 13.0 Å². The van der Waals surface area contributed by atoms with Crippen molar-refractivity contribution in [2.45, 2.75) is 20.0 Å². The molecule has 0 fully saturated rings. The lowest BCUT2D eigenvalue weighted by Crippen LogP contribution is -2.24. The number of benzene rings is 2. The van der Waals surface area contributed by atoms with Crippen LogP contribution in [0.15, 0.2) is 48.5 Å². The van der Waals surface area contributed by atoms with Gasteiger partial charge in [-0.25, -0.2) is 4.79 Å². The average Bonchev–Trinajstić information content (AvgIpc) is 2.61. The second-order valence-electron chi connectivity index (χ2n) is 5.16. The molecule has 2 rings (SSSR count). The molecule has 0 bridgehead atoms. The van der Waals surface area contributed by atoms with Crippen molar-refractivity contribution >= 4 is 17.4 Å².